The lowest BCUT2D eigenvalue weighted by Crippen LogP contribution is -2.24. The Morgan fingerprint density at radius 3 is 2.74 bits per heavy atom. The lowest BCUT2D eigenvalue weighted by Gasteiger charge is -2.18. The maximum atomic E-state index is 12.7. The zero-order valence-electron chi connectivity index (χ0n) is 14.7. The fourth-order valence-corrected chi connectivity index (χ4v) is 4.66. The Kier molecular flexibility index (Phi) is 5.64. The number of benzene rings is 1. The standard InChI is InChI=1S/C19H19N5OS2/c25-17(15-9-6-10-20-16(15)24-11-4-5-12-24)21-18-22-23-19(27-18)26-13-14-7-2-1-3-8-14/h1-3,6-10H,4-5,11-13H2,(H,21,22,25). The largest absolute Gasteiger partial charge is 0.356 e. The number of nitrogens with zero attached hydrogens (tertiary/aromatic N) is 4. The van der Waals surface area contributed by atoms with E-state index in [2.05, 4.69) is 37.5 Å². The minimum atomic E-state index is -0.194. The number of anilines is 2. The van der Waals surface area contributed by atoms with Crippen molar-refractivity contribution in [3.05, 3.63) is 59.8 Å². The monoisotopic (exact) mass is 397 g/mol. The van der Waals surface area contributed by atoms with Gasteiger partial charge in [0.25, 0.3) is 5.91 Å². The summed E-state index contributed by atoms with van der Waals surface area (Å²) >= 11 is 3.00. The number of hydrogen-bond acceptors (Lipinski definition) is 7. The summed E-state index contributed by atoms with van der Waals surface area (Å²) in [5.74, 6) is 1.38. The van der Waals surface area contributed by atoms with E-state index in [-0.39, 0.29) is 5.91 Å². The number of carbonyl (C=O) groups is 1. The summed E-state index contributed by atoms with van der Waals surface area (Å²) in [4.78, 5) is 19.3. The third kappa shape index (κ3) is 4.45. The molecule has 2 aromatic heterocycles. The summed E-state index contributed by atoms with van der Waals surface area (Å²) in [5.41, 5.74) is 1.81. The van der Waals surface area contributed by atoms with Crippen molar-refractivity contribution in [1.29, 1.82) is 0 Å². The summed E-state index contributed by atoms with van der Waals surface area (Å²) in [6, 6.07) is 13.8. The van der Waals surface area contributed by atoms with Crippen molar-refractivity contribution >= 4 is 40.0 Å². The average Bonchev–Trinajstić information content (AvgIpc) is 3.39. The lowest BCUT2D eigenvalue weighted by molar-refractivity contribution is 0.102. The predicted molar refractivity (Wildman–Crippen MR) is 110 cm³/mol. The van der Waals surface area contributed by atoms with Crippen LogP contribution in [0.25, 0.3) is 0 Å². The van der Waals surface area contributed by atoms with Gasteiger partial charge in [0, 0.05) is 25.0 Å². The second-order valence-corrected chi connectivity index (χ2v) is 8.37. The average molecular weight is 398 g/mol. The molecule has 27 heavy (non-hydrogen) atoms. The van der Waals surface area contributed by atoms with Gasteiger partial charge in [-0.15, -0.1) is 10.2 Å². The van der Waals surface area contributed by atoms with E-state index in [9.17, 15) is 4.79 Å². The molecule has 3 aromatic rings. The van der Waals surface area contributed by atoms with Gasteiger partial charge in [-0.1, -0.05) is 53.4 Å². The first kappa shape index (κ1) is 17.9. The van der Waals surface area contributed by atoms with Crippen LogP contribution in [0.5, 0.6) is 0 Å². The van der Waals surface area contributed by atoms with Gasteiger partial charge in [0.1, 0.15) is 5.82 Å². The number of thioether (sulfide) groups is 1. The Morgan fingerprint density at radius 1 is 1.11 bits per heavy atom. The van der Waals surface area contributed by atoms with Gasteiger partial charge in [0.15, 0.2) is 4.34 Å². The predicted octanol–water partition coefficient (Wildman–Crippen LogP) is 4.08. The third-order valence-electron chi connectivity index (χ3n) is 4.27. The highest BCUT2D eigenvalue weighted by Gasteiger charge is 2.21. The first-order valence-electron chi connectivity index (χ1n) is 8.81. The molecule has 138 valence electrons. The van der Waals surface area contributed by atoms with Crippen LogP contribution in [0, 0.1) is 0 Å². The molecule has 0 unspecified atom stereocenters. The maximum absolute atomic E-state index is 12.7. The van der Waals surface area contributed by atoms with E-state index in [1.807, 2.05) is 24.3 Å². The van der Waals surface area contributed by atoms with Crippen LogP contribution in [0.4, 0.5) is 10.9 Å². The van der Waals surface area contributed by atoms with Crippen molar-refractivity contribution in [1.82, 2.24) is 15.2 Å². The molecule has 0 aliphatic carbocycles. The molecule has 1 fully saturated rings. The lowest BCUT2D eigenvalue weighted by atomic mass is 10.2. The van der Waals surface area contributed by atoms with Crippen molar-refractivity contribution in [3.63, 3.8) is 0 Å². The molecule has 3 heterocycles. The molecular weight excluding hydrogens is 378 g/mol. The van der Waals surface area contributed by atoms with E-state index in [1.54, 1.807) is 24.0 Å². The number of nitrogens with one attached hydrogen (secondary N) is 1. The summed E-state index contributed by atoms with van der Waals surface area (Å²) in [7, 11) is 0. The first-order chi connectivity index (χ1) is 13.3. The van der Waals surface area contributed by atoms with Crippen LogP contribution in [0.1, 0.15) is 28.8 Å². The molecule has 1 aliphatic rings. The van der Waals surface area contributed by atoms with Crippen LogP contribution >= 0.6 is 23.1 Å². The van der Waals surface area contributed by atoms with Crippen molar-refractivity contribution in [3.8, 4) is 0 Å². The molecule has 1 aromatic carbocycles. The molecule has 1 aliphatic heterocycles. The van der Waals surface area contributed by atoms with E-state index in [0.29, 0.717) is 10.7 Å². The van der Waals surface area contributed by atoms with E-state index in [4.69, 9.17) is 0 Å². The van der Waals surface area contributed by atoms with Gasteiger partial charge in [-0.25, -0.2) is 4.98 Å². The van der Waals surface area contributed by atoms with Gasteiger partial charge in [-0.05, 0) is 30.5 Å². The molecule has 0 atom stereocenters. The normalized spacial score (nSPS) is 13.7. The minimum absolute atomic E-state index is 0.194. The zero-order valence-corrected chi connectivity index (χ0v) is 16.3. The van der Waals surface area contributed by atoms with Crippen LogP contribution in [0.15, 0.2) is 53.0 Å². The quantitative estimate of drug-likeness (QED) is 0.499. The summed E-state index contributed by atoms with van der Waals surface area (Å²) in [5, 5.41) is 11.6. The molecule has 0 bridgehead atoms. The van der Waals surface area contributed by atoms with Crippen LogP contribution in [-0.2, 0) is 5.75 Å². The van der Waals surface area contributed by atoms with Gasteiger partial charge >= 0.3 is 0 Å². The molecule has 0 radical (unpaired) electrons. The fourth-order valence-electron chi connectivity index (χ4n) is 2.96. The van der Waals surface area contributed by atoms with E-state index >= 15 is 0 Å². The van der Waals surface area contributed by atoms with Crippen molar-refractivity contribution < 1.29 is 4.79 Å². The number of hydrogen-bond donors (Lipinski definition) is 1. The Morgan fingerprint density at radius 2 is 1.93 bits per heavy atom. The molecule has 4 rings (SSSR count). The molecule has 1 amide bonds. The van der Waals surface area contributed by atoms with Gasteiger partial charge in [0.05, 0.1) is 5.56 Å². The minimum Gasteiger partial charge on any atom is -0.356 e. The van der Waals surface area contributed by atoms with E-state index in [0.717, 1.165) is 41.8 Å². The number of amides is 1. The molecule has 6 nitrogen and oxygen atoms in total. The zero-order chi connectivity index (χ0) is 18.5. The summed E-state index contributed by atoms with van der Waals surface area (Å²) in [6.07, 6.45) is 4.00. The maximum Gasteiger partial charge on any atom is 0.261 e. The van der Waals surface area contributed by atoms with Crippen LogP contribution < -0.4 is 10.2 Å². The van der Waals surface area contributed by atoms with E-state index < -0.39 is 0 Å². The Labute approximate surface area is 166 Å². The van der Waals surface area contributed by atoms with Crippen molar-refractivity contribution in [2.45, 2.75) is 22.9 Å². The highest BCUT2D eigenvalue weighted by Crippen LogP contribution is 2.29. The smallest absolute Gasteiger partial charge is 0.261 e. The van der Waals surface area contributed by atoms with Gasteiger partial charge in [-0.2, -0.15) is 0 Å². The van der Waals surface area contributed by atoms with Crippen molar-refractivity contribution in [2.24, 2.45) is 0 Å². The van der Waals surface area contributed by atoms with Gasteiger partial charge in [0.2, 0.25) is 5.13 Å². The SMILES string of the molecule is O=C(Nc1nnc(SCc2ccccc2)s1)c1cccnc1N1CCCC1. The van der Waals surface area contributed by atoms with Crippen LogP contribution in [-0.4, -0.2) is 34.2 Å². The molecule has 8 heteroatoms. The molecular formula is C19H19N5OS2. The molecule has 1 N–H and O–H groups in total. The Balaban J connectivity index is 1.41. The molecule has 0 saturated carbocycles. The van der Waals surface area contributed by atoms with E-state index in [1.165, 1.54) is 16.9 Å². The fraction of sp³-hybridized carbons (Fsp3) is 0.263. The second kappa shape index (κ2) is 8.49. The summed E-state index contributed by atoms with van der Waals surface area (Å²) < 4.78 is 0.833. The van der Waals surface area contributed by atoms with Gasteiger partial charge < -0.3 is 4.90 Å². The highest BCUT2D eigenvalue weighted by molar-refractivity contribution is 8.00. The van der Waals surface area contributed by atoms with Gasteiger partial charge in [-0.3, -0.25) is 10.1 Å². The summed E-state index contributed by atoms with van der Waals surface area (Å²) in [6.45, 7) is 1.88. The number of pyridine rings is 1. The number of carbonyl (C=O) groups excluding carboxylic acids is 1. The molecule has 1 saturated heterocycles. The van der Waals surface area contributed by atoms with Crippen molar-refractivity contribution in [2.75, 3.05) is 23.3 Å². The van der Waals surface area contributed by atoms with Crippen LogP contribution in [0.3, 0.4) is 0 Å². The van der Waals surface area contributed by atoms with Crippen LogP contribution in [0.2, 0.25) is 0 Å². The number of rotatable bonds is 6. The highest BCUT2D eigenvalue weighted by atomic mass is 32.2. The second-order valence-electron chi connectivity index (χ2n) is 6.17. The number of aromatic nitrogens is 3. The Bertz CT molecular complexity index is 909. The molecule has 0 spiro atoms. The third-order valence-corrected chi connectivity index (χ3v) is 6.31. The first-order valence-corrected chi connectivity index (χ1v) is 10.6. The topological polar surface area (TPSA) is 71.0 Å². The Hall–Kier alpha value is -2.45.